The Labute approximate surface area is 150 Å². The lowest BCUT2D eigenvalue weighted by molar-refractivity contribution is 0.0446. The van der Waals surface area contributed by atoms with Crippen molar-refractivity contribution in [3.8, 4) is 0 Å². The average molecular weight is 385 g/mol. The Morgan fingerprint density at radius 2 is 1.69 bits per heavy atom. The van der Waals surface area contributed by atoms with Crippen LogP contribution in [0.1, 0.15) is 24.0 Å². The molecule has 0 unspecified atom stereocenters. The van der Waals surface area contributed by atoms with E-state index in [1.54, 1.807) is 0 Å². The maximum Gasteiger partial charge on any atom is 0.241 e. The molecule has 3 rings (SSSR count). The van der Waals surface area contributed by atoms with Crippen LogP contribution in [-0.4, -0.2) is 21.6 Å². The number of aryl methyl sites for hydroxylation is 1. The SMILES string of the molecule is Cc1ccc(S(=O)(=O)NC2(c3ccc(F)cc3F)CCOCC2)cc1F. The van der Waals surface area contributed by atoms with Gasteiger partial charge in [-0.2, -0.15) is 0 Å². The van der Waals surface area contributed by atoms with E-state index in [9.17, 15) is 21.6 Å². The fraction of sp³-hybridized carbons (Fsp3) is 0.333. The molecule has 26 heavy (non-hydrogen) atoms. The van der Waals surface area contributed by atoms with Gasteiger partial charge in [-0.05, 0) is 43.5 Å². The highest BCUT2D eigenvalue weighted by molar-refractivity contribution is 7.89. The number of halogens is 3. The van der Waals surface area contributed by atoms with Crippen molar-refractivity contribution < 1.29 is 26.3 Å². The predicted octanol–water partition coefficient (Wildman–Crippen LogP) is 3.40. The highest BCUT2D eigenvalue weighted by atomic mass is 32.2. The summed E-state index contributed by atoms with van der Waals surface area (Å²) in [5.41, 5.74) is -0.941. The van der Waals surface area contributed by atoms with E-state index in [4.69, 9.17) is 4.74 Å². The summed E-state index contributed by atoms with van der Waals surface area (Å²) in [6.45, 7) is 1.94. The van der Waals surface area contributed by atoms with Crippen LogP contribution in [0.3, 0.4) is 0 Å². The van der Waals surface area contributed by atoms with Crippen LogP contribution < -0.4 is 4.72 Å². The summed E-state index contributed by atoms with van der Waals surface area (Å²) in [4.78, 5) is -0.256. The van der Waals surface area contributed by atoms with Gasteiger partial charge in [0.25, 0.3) is 0 Å². The fourth-order valence-electron chi connectivity index (χ4n) is 3.08. The molecular formula is C18H18F3NO3S. The quantitative estimate of drug-likeness (QED) is 0.878. The van der Waals surface area contributed by atoms with Crippen LogP contribution in [-0.2, 0) is 20.3 Å². The molecule has 0 bridgehead atoms. The first-order chi connectivity index (χ1) is 12.2. The zero-order valence-electron chi connectivity index (χ0n) is 14.1. The first-order valence-corrected chi connectivity index (χ1v) is 9.55. The normalized spacial score (nSPS) is 17.2. The molecule has 0 aliphatic carbocycles. The smallest absolute Gasteiger partial charge is 0.241 e. The van der Waals surface area contributed by atoms with E-state index in [2.05, 4.69) is 4.72 Å². The lowest BCUT2D eigenvalue weighted by Gasteiger charge is -2.38. The van der Waals surface area contributed by atoms with Crippen LogP contribution in [0.25, 0.3) is 0 Å². The summed E-state index contributed by atoms with van der Waals surface area (Å²) < 4.78 is 74.9. The number of hydrogen-bond donors (Lipinski definition) is 1. The first kappa shape index (κ1) is 18.9. The lowest BCUT2D eigenvalue weighted by Crippen LogP contribution is -2.49. The Hall–Kier alpha value is -1.90. The highest BCUT2D eigenvalue weighted by Gasteiger charge is 2.40. The lowest BCUT2D eigenvalue weighted by atomic mass is 9.83. The van der Waals surface area contributed by atoms with Gasteiger partial charge in [-0.1, -0.05) is 12.1 Å². The third-order valence-electron chi connectivity index (χ3n) is 4.58. The van der Waals surface area contributed by atoms with Crippen molar-refractivity contribution >= 4 is 10.0 Å². The van der Waals surface area contributed by atoms with Gasteiger partial charge in [-0.25, -0.2) is 26.3 Å². The Bertz CT molecular complexity index is 925. The Balaban J connectivity index is 2.04. The van der Waals surface area contributed by atoms with Crippen molar-refractivity contribution in [1.82, 2.24) is 4.72 Å². The van der Waals surface area contributed by atoms with Crippen molar-refractivity contribution in [2.24, 2.45) is 0 Å². The van der Waals surface area contributed by atoms with Crippen LogP contribution in [0.4, 0.5) is 13.2 Å². The Morgan fingerprint density at radius 1 is 1.00 bits per heavy atom. The molecule has 8 heteroatoms. The maximum absolute atomic E-state index is 14.4. The molecule has 1 saturated heterocycles. The zero-order valence-corrected chi connectivity index (χ0v) is 14.9. The van der Waals surface area contributed by atoms with Gasteiger partial charge in [0.1, 0.15) is 17.5 Å². The van der Waals surface area contributed by atoms with Gasteiger partial charge >= 0.3 is 0 Å². The highest BCUT2D eigenvalue weighted by Crippen LogP contribution is 2.35. The topological polar surface area (TPSA) is 55.4 Å². The van der Waals surface area contributed by atoms with Gasteiger partial charge in [0.2, 0.25) is 10.0 Å². The molecule has 0 saturated carbocycles. The van der Waals surface area contributed by atoms with Crippen LogP contribution >= 0.6 is 0 Å². The monoisotopic (exact) mass is 385 g/mol. The van der Waals surface area contributed by atoms with Gasteiger partial charge in [0.15, 0.2) is 0 Å². The van der Waals surface area contributed by atoms with E-state index < -0.39 is 33.0 Å². The maximum atomic E-state index is 14.4. The van der Waals surface area contributed by atoms with E-state index in [-0.39, 0.29) is 36.5 Å². The number of ether oxygens (including phenoxy) is 1. The average Bonchev–Trinajstić information content (AvgIpc) is 2.57. The standard InChI is InChI=1S/C18H18F3NO3S/c1-12-2-4-14(11-16(12)20)26(23,24)22-18(6-8-25-9-7-18)15-5-3-13(19)10-17(15)21/h2-5,10-11,22H,6-9H2,1H3. The molecule has 0 radical (unpaired) electrons. The van der Waals surface area contributed by atoms with Gasteiger partial charge in [-0.3, -0.25) is 0 Å². The largest absolute Gasteiger partial charge is 0.381 e. The third-order valence-corrected chi connectivity index (χ3v) is 6.11. The summed E-state index contributed by atoms with van der Waals surface area (Å²) in [6, 6.07) is 6.59. The Morgan fingerprint density at radius 3 is 2.31 bits per heavy atom. The van der Waals surface area contributed by atoms with Crippen LogP contribution in [0.2, 0.25) is 0 Å². The van der Waals surface area contributed by atoms with Crippen molar-refractivity contribution in [3.05, 3.63) is 65.0 Å². The van der Waals surface area contributed by atoms with Crippen LogP contribution in [0.5, 0.6) is 0 Å². The zero-order chi connectivity index (χ0) is 18.9. The predicted molar refractivity (Wildman–Crippen MR) is 89.5 cm³/mol. The van der Waals surface area contributed by atoms with Gasteiger partial charge in [0, 0.05) is 24.8 Å². The van der Waals surface area contributed by atoms with Gasteiger partial charge in [0.05, 0.1) is 10.4 Å². The second-order valence-corrected chi connectivity index (χ2v) is 8.02. The molecule has 1 fully saturated rings. The van der Waals surface area contributed by atoms with E-state index in [0.717, 1.165) is 12.1 Å². The third kappa shape index (κ3) is 3.62. The summed E-state index contributed by atoms with van der Waals surface area (Å²) in [6.07, 6.45) is 0.340. The number of hydrogen-bond acceptors (Lipinski definition) is 3. The molecule has 1 N–H and O–H groups in total. The van der Waals surface area contributed by atoms with Crippen molar-refractivity contribution in [2.75, 3.05) is 13.2 Å². The Kier molecular flexibility index (Phi) is 5.09. The minimum absolute atomic E-state index is 0.0401. The molecule has 0 aromatic heterocycles. The molecule has 1 aliphatic rings. The summed E-state index contributed by atoms with van der Waals surface area (Å²) in [7, 11) is -4.14. The molecule has 1 aliphatic heterocycles. The molecule has 2 aromatic carbocycles. The minimum Gasteiger partial charge on any atom is -0.381 e. The molecule has 140 valence electrons. The number of benzene rings is 2. The summed E-state index contributed by atoms with van der Waals surface area (Å²) in [5, 5.41) is 0. The molecule has 0 amide bonds. The van der Waals surface area contributed by atoms with Gasteiger partial charge in [-0.15, -0.1) is 0 Å². The molecule has 0 spiro atoms. The van der Waals surface area contributed by atoms with Crippen LogP contribution in [0, 0.1) is 24.4 Å². The van der Waals surface area contributed by atoms with Crippen molar-refractivity contribution in [1.29, 1.82) is 0 Å². The first-order valence-electron chi connectivity index (χ1n) is 8.07. The van der Waals surface area contributed by atoms with E-state index in [1.165, 1.54) is 25.1 Å². The van der Waals surface area contributed by atoms with Crippen molar-refractivity contribution in [2.45, 2.75) is 30.2 Å². The number of nitrogens with one attached hydrogen (secondary N) is 1. The van der Waals surface area contributed by atoms with Crippen molar-refractivity contribution in [3.63, 3.8) is 0 Å². The molecule has 4 nitrogen and oxygen atoms in total. The van der Waals surface area contributed by atoms with Gasteiger partial charge < -0.3 is 4.74 Å². The van der Waals surface area contributed by atoms with Crippen LogP contribution in [0.15, 0.2) is 41.3 Å². The fourth-order valence-corrected chi connectivity index (χ4v) is 4.53. The second kappa shape index (κ2) is 7.02. The minimum atomic E-state index is -4.14. The summed E-state index contributed by atoms with van der Waals surface area (Å²) >= 11 is 0. The molecule has 2 aromatic rings. The molecular weight excluding hydrogens is 367 g/mol. The van der Waals surface area contributed by atoms with E-state index in [0.29, 0.717) is 11.6 Å². The molecule has 0 atom stereocenters. The number of rotatable bonds is 4. The summed E-state index contributed by atoms with van der Waals surface area (Å²) in [5.74, 6) is -2.25. The van der Waals surface area contributed by atoms with E-state index in [1.807, 2.05) is 0 Å². The van der Waals surface area contributed by atoms with E-state index >= 15 is 0 Å². The molecule has 1 heterocycles. The number of sulfonamides is 1. The second-order valence-electron chi connectivity index (χ2n) is 6.34.